The van der Waals surface area contributed by atoms with E-state index in [2.05, 4.69) is 26.1 Å². The molecule has 0 bridgehead atoms. The Morgan fingerprint density at radius 2 is 1.88 bits per heavy atom. The predicted octanol–water partition coefficient (Wildman–Crippen LogP) is 2.49. The van der Waals surface area contributed by atoms with E-state index in [4.69, 9.17) is 5.73 Å². The number of ketones is 1. The van der Waals surface area contributed by atoms with Gasteiger partial charge >= 0.3 is 0 Å². The normalized spacial score (nSPS) is 14.1. The van der Waals surface area contributed by atoms with Crippen molar-refractivity contribution < 1.29 is 4.79 Å². The van der Waals surface area contributed by atoms with Crippen LogP contribution >= 0.6 is 0 Å². The molecular weight excluding hydrogens is 212 g/mol. The number of rotatable bonds is 9. The fourth-order valence-corrected chi connectivity index (χ4v) is 1.83. The van der Waals surface area contributed by atoms with Gasteiger partial charge in [0, 0.05) is 11.5 Å². The van der Waals surface area contributed by atoms with Crippen LogP contribution in [0.4, 0.5) is 0 Å². The summed E-state index contributed by atoms with van der Waals surface area (Å²) in [4.78, 5) is 12.4. The predicted molar refractivity (Wildman–Crippen MR) is 74.0 cm³/mol. The maximum Gasteiger partial charge on any atom is 0.155 e. The molecule has 0 aromatic carbocycles. The molecule has 1 atom stereocenters. The molecule has 0 heterocycles. The number of carbonyl (C=O) groups is 1. The van der Waals surface area contributed by atoms with Crippen molar-refractivity contribution in [2.75, 3.05) is 6.54 Å². The molecule has 0 spiro atoms. The Labute approximate surface area is 107 Å². The summed E-state index contributed by atoms with van der Waals surface area (Å²) < 4.78 is 0. The minimum atomic E-state index is -0.227. The highest BCUT2D eigenvalue weighted by atomic mass is 16.1. The first-order valence-corrected chi connectivity index (χ1v) is 6.85. The number of nitrogens with two attached hydrogens (primary N) is 1. The minimum absolute atomic E-state index is 0.0171. The lowest BCUT2D eigenvalue weighted by Gasteiger charge is -2.29. The van der Waals surface area contributed by atoms with Gasteiger partial charge in [0.15, 0.2) is 5.78 Å². The Hall–Kier alpha value is -0.410. The molecule has 0 aliphatic carbocycles. The van der Waals surface area contributed by atoms with Crippen LogP contribution in [-0.4, -0.2) is 24.4 Å². The van der Waals surface area contributed by atoms with Crippen molar-refractivity contribution in [3.63, 3.8) is 0 Å². The summed E-state index contributed by atoms with van der Waals surface area (Å²) >= 11 is 0. The highest BCUT2D eigenvalue weighted by Crippen LogP contribution is 2.24. The third-order valence-corrected chi connectivity index (χ3v) is 3.35. The molecule has 3 nitrogen and oxygen atoms in total. The minimum Gasteiger partial charge on any atom is -0.330 e. The first-order chi connectivity index (χ1) is 7.85. The summed E-state index contributed by atoms with van der Waals surface area (Å²) in [7, 11) is 0. The Morgan fingerprint density at radius 3 is 2.29 bits per heavy atom. The van der Waals surface area contributed by atoms with Crippen molar-refractivity contribution in [3.8, 4) is 0 Å². The second-order valence-electron chi connectivity index (χ2n) is 5.76. The van der Waals surface area contributed by atoms with Crippen molar-refractivity contribution in [1.29, 1.82) is 0 Å². The Morgan fingerprint density at radius 1 is 1.29 bits per heavy atom. The molecule has 0 amide bonds. The number of Topliss-reactive ketones (excluding diaryl/α,β-unsaturated/α-hetero) is 1. The summed E-state index contributed by atoms with van der Waals surface area (Å²) in [6.07, 6.45) is 3.80. The van der Waals surface area contributed by atoms with Crippen LogP contribution in [0.1, 0.15) is 60.3 Å². The monoisotopic (exact) mass is 242 g/mol. The largest absolute Gasteiger partial charge is 0.330 e. The molecule has 1 unspecified atom stereocenters. The van der Waals surface area contributed by atoms with Crippen molar-refractivity contribution >= 4 is 5.78 Å². The van der Waals surface area contributed by atoms with E-state index < -0.39 is 0 Å². The molecule has 0 aromatic rings. The first kappa shape index (κ1) is 16.6. The molecule has 0 fully saturated rings. The smallest absolute Gasteiger partial charge is 0.155 e. The number of unbranched alkanes of at least 4 members (excludes halogenated alkanes) is 1. The van der Waals surface area contributed by atoms with Gasteiger partial charge < -0.3 is 11.1 Å². The van der Waals surface area contributed by atoms with Crippen LogP contribution in [-0.2, 0) is 4.79 Å². The van der Waals surface area contributed by atoms with E-state index in [9.17, 15) is 4.79 Å². The fourth-order valence-electron chi connectivity index (χ4n) is 1.83. The fraction of sp³-hybridized carbons (Fsp3) is 0.929. The number of nitrogens with one attached hydrogen (secondary N) is 1. The van der Waals surface area contributed by atoms with Crippen LogP contribution in [0.2, 0.25) is 0 Å². The topological polar surface area (TPSA) is 55.1 Å². The summed E-state index contributed by atoms with van der Waals surface area (Å²) in [5.41, 5.74) is 5.27. The number of hydrogen-bond acceptors (Lipinski definition) is 3. The van der Waals surface area contributed by atoms with Gasteiger partial charge in [-0.1, -0.05) is 41.0 Å². The molecule has 102 valence electrons. The highest BCUT2D eigenvalue weighted by Gasteiger charge is 2.31. The Balaban J connectivity index is 4.50. The van der Waals surface area contributed by atoms with E-state index in [1.165, 1.54) is 0 Å². The summed E-state index contributed by atoms with van der Waals surface area (Å²) in [6, 6.07) is 0.325. The van der Waals surface area contributed by atoms with Gasteiger partial charge in [-0.15, -0.1) is 0 Å². The average Bonchev–Trinajstić information content (AvgIpc) is 2.26. The average molecular weight is 242 g/mol. The Bertz CT molecular complexity index is 224. The molecule has 0 rings (SSSR count). The number of hydrogen-bond donors (Lipinski definition) is 2. The van der Waals surface area contributed by atoms with E-state index in [-0.39, 0.29) is 11.5 Å². The van der Waals surface area contributed by atoms with Crippen LogP contribution in [0.5, 0.6) is 0 Å². The van der Waals surface area contributed by atoms with E-state index in [0.29, 0.717) is 18.4 Å². The second kappa shape index (κ2) is 7.83. The SMILES string of the molecule is CCC(C)(C)C(=O)C(CCCCN)NC(C)C. The molecule has 0 aliphatic heterocycles. The summed E-state index contributed by atoms with van der Waals surface area (Å²) in [5, 5.41) is 3.39. The van der Waals surface area contributed by atoms with Gasteiger partial charge in [-0.05, 0) is 25.8 Å². The van der Waals surface area contributed by atoms with Crippen LogP contribution in [0, 0.1) is 5.41 Å². The lowest BCUT2D eigenvalue weighted by atomic mass is 9.80. The van der Waals surface area contributed by atoms with Crippen molar-refractivity contribution in [3.05, 3.63) is 0 Å². The third kappa shape index (κ3) is 6.18. The maximum atomic E-state index is 12.4. The summed E-state index contributed by atoms with van der Waals surface area (Å²) in [5.74, 6) is 0.339. The highest BCUT2D eigenvalue weighted by molar-refractivity contribution is 5.89. The van der Waals surface area contributed by atoms with Crippen molar-refractivity contribution in [2.45, 2.75) is 72.4 Å². The standard InChI is InChI=1S/C14H30N2O/c1-6-14(4,5)13(17)12(16-11(2)3)9-7-8-10-15/h11-12,16H,6-10,15H2,1-5H3. The molecule has 0 saturated carbocycles. The molecule has 3 N–H and O–H groups in total. The van der Waals surface area contributed by atoms with Gasteiger partial charge in [-0.2, -0.15) is 0 Å². The zero-order valence-corrected chi connectivity index (χ0v) is 12.2. The number of carbonyl (C=O) groups excluding carboxylic acids is 1. The van der Waals surface area contributed by atoms with Crippen LogP contribution in [0.3, 0.4) is 0 Å². The molecule has 0 saturated heterocycles. The lowest BCUT2D eigenvalue weighted by Crippen LogP contribution is -2.46. The van der Waals surface area contributed by atoms with E-state index in [1.54, 1.807) is 0 Å². The molecule has 3 heteroatoms. The Kier molecular flexibility index (Phi) is 7.64. The van der Waals surface area contributed by atoms with Gasteiger partial charge in [0.1, 0.15) is 0 Å². The molecule has 17 heavy (non-hydrogen) atoms. The molecule has 0 aliphatic rings. The van der Waals surface area contributed by atoms with Crippen LogP contribution in [0.15, 0.2) is 0 Å². The maximum absolute atomic E-state index is 12.4. The molecular formula is C14H30N2O. The zero-order valence-electron chi connectivity index (χ0n) is 12.2. The summed E-state index contributed by atoms with van der Waals surface area (Å²) in [6.45, 7) is 11.0. The van der Waals surface area contributed by atoms with E-state index >= 15 is 0 Å². The van der Waals surface area contributed by atoms with E-state index in [0.717, 1.165) is 25.7 Å². The first-order valence-electron chi connectivity index (χ1n) is 6.85. The van der Waals surface area contributed by atoms with Crippen molar-refractivity contribution in [2.24, 2.45) is 11.1 Å². The molecule has 0 aromatic heterocycles. The zero-order chi connectivity index (χ0) is 13.5. The van der Waals surface area contributed by atoms with Crippen LogP contribution in [0.25, 0.3) is 0 Å². The van der Waals surface area contributed by atoms with E-state index in [1.807, 2.05) is 13.8 Å². The van der Waals surface area contributed by atoms with Gasteiger partial charge in [0.2, 0.25) is 0 Å². The van der Waals surface area contributed by atoms with Gasteiger partial charge in [0.25, 0.3) is 0 Å². The van der Waals surface area contributed by atoms with Crippen molar-refractivity contribution in [1.82, 2.24) is 5.32 Å². The third-order valence-electron chi connectivity index (χ3n) is 3.35. The van der Waals surface area contributed by atoms with Gasteiger partial charge in [-0.3, -0.25) is 4.79 Å². The second-order valence-corrected chi connectivity index (χ2v) is 5.76. The van der Waals surface area contributed by atoms with Gasteiger partial charge in [-0.25, -0.2) is 0 Å². The van der Waals surface area contributed by atoms with Crippen LogP contribution < -0.4 is 11.1 Å². The lowest BCUT2D eigenvalue weighted by molar-refractivity contribution is -0.129. The quantitative estimate of drug-likeness (QED) is 0.611. The van der Waals surface area contributed by atoms with Gasteiger partial charge in [0.05, 0.1) is 6.04 Å². The molecule has 0 radical (unpaired) electrons.